The molecule has 4 heterocycles. The fraction of sp³-hybridized carbons (Fsp3) is 0.677. The molecule has 56 heavy (non-hydrogen) atoms. The standard InChI is InChI=1S/C31H43F6N9O10/c32-30(33,34)20-7-39-9-22(45-20)43-16-13-55-18(28(51)26(16)49)5-41-24(47)1-3-53-11-15(38)12-54-4-2-25(48)42-6-19-29(52)27(50)17(14-56-19)44-23-10-40-8-21(46-23)31(35,36)37/h7-10,15-19,26-29,49-52H,1-6,11-14,38H2,(H,41,47)(H,42,48)(H,43,45)(H,44,46)/t16-,17-,18+,19+,26+,27+,28-,29-/m0/s1. The van der Waals surface area contributed by atoms with Gasteiger partial charge in [0, 0.05) is 25.9 Å². The van der Waals surface area contributed by atoms with Gasteiger partial charge in [0.1, 0.15) is 48.3 Å². The van der Waals surface area contributed by atoms with Crippen LogP contribution >= 0.6 is 0 Å². The van der Waals surface area contributed by atoms with E-state index in [0.29, 0.717) is 12.4 Å². The Morgan fingerprint density at radius 2 is 1.11 bits per heavy atom. The molecule has 0 aromatic carbocycles. The topological polar surface area (TPSA) is 278 Å². The van der Waals surface area contributed by atoms with E-state index in [9.17, 15) is 56.4 Å². The SMILES string of the molecule is NC(COCCC(=O)NC[C@H]1OC[C@H](Nc2cncc(C(F)(F)F)n2)[C@@H](O)[C@H]1O)COCCC(=O)NC[C@H]1OC[C@H](Nc2cncc(C(F)(F)F)n2)[C@@H](O)[C@H]1O. The van der Waals surface area contributed by atoms with Crippen molar-refractivity contribution in [1.82, 2.24) is 30.6 Å². The van der Waals surface area contributed by atoms with Crippen LogP contribution in [0.25, 0.3) is 0 Å². The minimum Gasteiger partial charge on any atom is -0.388 e. The minimum atomic E-state index is -4.73. The van der Waals surface area contributed by atoms with Crippen LogP contribution in [0.5, 0.6) is 0 Å². The number of nitrogens with one attached hydrogen (secondary N) is 4. The third kappa shape index (κ3) is 13.5. The van der Waals surface area contributed by atoms with Gasteiger partial charge in [0.15, 0.2) is 11.4 Å². The fourth-order valence-corrected chi connectivity index (χ4v) is 5.36. The molecule has 8 atom stereocenters. The number of hydrogen-bond acceptors (Lipinski definition) is 17. The van der Waals surface area contributed by atoms with Crippen LogP contribution in [-0.2, 0) is 40.9 Å². The number of ether oxygens (including phenoxy) is 4. The Morgan fingerprint density at radius 1 is 0.714 bits per heavy atom. The molecule has 2 aliphatic rings. The third-order valence-corrected chi connectivity index (χ3v) is 8.39. The van der Waals surface area contributed by atoms with E-state index < -0.39 is 90.3 Å². The molecule has 0 unspecified atom stereocenters. The van der Waals surface area contributed by atoms with Crippen molar-refractivity contribution in [2.24, 2.45) is 5.73 Å². The molecule has 314 valence electrons. The number of aliphatic hydroxyl groups is 4. The van der Waals surface area contributed by atoms with Gasteiger partial charge in [0.05, 0.1) is 82.6 Å². The summed E-state index contributed by atoms with van der Waals surface area (Å²) >= 11 is 0. The maximum absolute atomic E-state index is 12.9. The van der Waals surface area contributed by atoms with E-state index in [1.54, 1.807) is 0 Å². The van der Waals surface area contributed by atoms with Crippen molar-refractivity contribution in [3.05, 3.63) is 36.2 Å². The van der Waals surface area contributed by atoms with Gasteiger partial charge in [-0.3, -0.25) is 19.6 Å². The van der Waals surface area contributed by atoms with Gasteiger partial charge in [0.2, 0.25) is 11.8 Å². The normalized spacial score (nSPS) is 25.8. The number of nitrogens with two attached hydrogens (primary N) is 1. The molecule has 2 saturated heterocycles. The zero-order chi connectivity index (χ0) is 41.0. The highest BCUT2D eigenvalue weighted by molar-refractivity contribution is 5.76. The summed E-state index contributed by atoms with van der Waals surface area (Å²) in [4.78, 5) is 38.2. The summed E-state index contributed by atoms with van der Waals surface area (Å²) in [5.41, 5.74) is 3.46. The zero-order valence-corrected chi connectivity index (χ0v) is 29.4. The first kappa shape index (κ1) is 44.6. The van der Waals surface area contributed by atoms with E-state index >= 15 is 0 Å². The monoisotopic (exact) mass is 815 g/mol. The highest BCUT2D eigenvalue weighted by Crippen LogP contribution is 2.29. The minimum absolute atomic E-state index is 0.0101. The van der Waals surface area contributed by atoms with Gasteiger partial charge in [-0.2, -0.15) is 26.3 Å². The lowest BCUT2D eigenvalue weighted by molar-refractivity contribution is -0.143. The number of aliphatic hydroxyl groups excluding tert-OH is 4. The number of halogens is 6. The van der Waals surface area contributed by atoms with Gasteiger partial charge in [-0.05, 0) is 0 Å². The van der Waals surface area contributed by atoms with E-state index in [1.807, 2.05) is 0 Å². The van der Waals surface area contributed by atoms with Gasteiger partial charge in [-0.1, -0.05) is 0 Å². The highest BCUT2D eigenvalue weighted by atomic mass is 19.4. The first-order valence-corrected chi connectivity index (χ1v) is 17.1. The van der Waals surface area contributed by atoms with Crippen molar-refractivity contribution < 1.29 is 75.3 Å². The second-order valence-electron chi connectivity index (χ2n) is 12.8. The van der Waals surface area contributed by atoms with Crippen molar-refractivity contribution in [3.8, 4) is 0 Å². The third-order valence-electron chi connectivity index (χ3n) is 8.39. The molecule has 0 radical (unpaired) electrons. The van der Waals surface area contributed by atoms with Crippen molar-refractivity contribution in [3.63, 3.8) is 0 Å². The first-order valence-electron chi connectivity index (χ1n) is 17.1. The molecule has 10 N–H and O–H groups in total. The fourth-order valence-electron chi connectivity index (χ4n) is 5.36. The number of amides is 2. The number of carbonyl (C=O) groups excluding carboxylic acids is 2. The molecular formula is C31H43F6N9O10. The maximum Gasteiger partial charge on any atom is 0.434 e. The summed E-state index contributed by atoms with van der Waals surface area (Å²) in [6.07, 6.45) is -14.4. The van der Waals surface area contributed by atoms with E-state index in [2.05, 4.69) is 41.2 Å². The van der Waals surface area contributed by atoms with Gasteiger partial charge in [-0.15, -0.1) is 0 Å². The first-order chi connectivity index (χ1) is 26.4. The largest absolute Gasteiger partial charge is 0.434 e. The Kier molecular flexibility index (Phi) is 16.2. The molecule has 2 fully saturated rings. The Morgan fingerprint density at radius 3 is 1.48 bits per heavy atom. The summed E-state index contributed by atoms with van der Waals surface area (Å²) in [5, 5.41) is 52.0. The quantitative estimate of drug-likeness (QED) is 0.0592. The van der Waals surface area contributed by atoms with Gasteiger partial charge in [-0.25, -0.2) is 9.97 Å². The molecule has 19 nitrogen and oxygen atoms in total. The lowest BCUT2D eigenvalue weighted by atomic mass is 9.98. The molecule has 0 bridgehead atoms. The number of rotatable bonds is 18. The lowest BCUT2D eigenvalue weighted by Gasteiger charge is -2.38. The molecule has 2 aliphatic heterocycles. The van der Waals surface area contributed by atoms with Gasteiger partial charge < -0.3 is 66.4 Å². The second-order valence-corrected chi connectivity index (χ2v) is 12.8. The van der Waals surface area contributed by atoms with E-state index in [-0.39, 0.29) is 77.2 Å². The van der Waals surface area contributed by atoms with Gasteiger partial charge in [0.25, 0.3) is 0 Å². The Hall–Kier alpha value is -4.08. The van der Waals surface area contributed by atoms with E-state index in [0.717, 1.165) is 12.4 Å². The van der Waals surface area contributed by atoms with Crippen LogP contribution in [-0.4, -0.2) is 160 Å². The molecule has 25 heteroatoms. The number of carbonyl (C=O) groups is 2. The number of alkyl halides is 6. The smallest absolute Gasteiger partial charge is 0.388 e. The van der Waals surface area contributed by atoms with Gasteiger partial charge >= 0.3 is 12.4 Å². The summed E-state index contributed by atoms with van der Waals surface area (Å²) in [6, 6.07) is -2.62. The summed E-state index contributed by atoms with van der Waals surface area (Å²) in [7, 11) is 0. The summed E-state index contributed by atoms with van der Waals surface area (Å²) in [6.45, 7) is -0.819. The zero-order valence-electron chi connectivity index (χ0n) is 29.4. The van der Waals surface area contributed by atoms with Crippen LogP contribution < -0.4 is 27.0 Å². The molecule has 0 saturated carbocycles. The average molecular weight is 816 g/mol. The molecular weight excluding hydrogens is 772 g/mol. The van der Waals surface area contributed by atoms with E-state index in [1.165, 1.54) is 0 Å². The van der Waals surface area contributed by atoms with Crippen LogP contribution in [0, 0.1) is 0 Å². The summed E-state index contributed by atoms with van der Waals surface area (Å²) in [5.74, 6) is -1.49. The van der Waals surface area contributed by atoms with Crippen molar-refractivity contribution >= 4 is 23.5 Å². The highest BCUT2D eigenvalue weighted by Gasteiger charge is 2.41. The average Bonchev–Trinajstić information content (AvgIpc) is 3.14. The molecule has 4 rings (SSSR count). The predicted molar refractivity (Wildman–Crippen MR) is 177 cm³/mol. The van der Waals surface area contributed by atoms with E-state index in [4.69, 9.17) is 24.7 Å². The van der Waals surface area contributed by atoms with Crippen molar-refractivity contribution in [1.29, 1.82) is 0 Å². The molecule has 2 aromatic rings. The summed E-state index contributed by atoms with van der Waals surface area (Å²) < 4.78 is 99.2. The van der Waals surface area contributed by atoms with Crippen LogP contribution in [0.15, 0.2) is 24.8 Å². The number of nitrogens with zero attached hydrogens (tertiary/aromatic N) is 4. The van der Waals surface area contributed by atoms with Crippen LogP contribution in [0.1, 0.15) is 24.2 Å². The maximum atomic E-state index is 12.9. The van der Waals surface area contributed by atoms with Crippen molar-refractivity contribution in [2.75, 3.05) is 63.4 Å². The molecule has 0 aliphatic carbocycles. The van der Waals surface area contributed by atoms with Crippen molar-refractivity contribution in [2.45, 2.75) is 79.9 Å². The number of hydrogen-bond donors (Lipinski definition) is 9. The van der Waals surface area contributed by atoms with Crippen LogP contribution in [0.4, 0.5) is 38.0 Å². The number of aromatic nitrogens is 4. The molecule has 2 aromatic heterocycles. The molecule has 2 amide bonds. The molecule has 0 spiro atoms. The predicted octanol–water partition coefficient (Wildman–Crippen LogP) is -1.82. The lowest BCUT2D eigenvalue weighted by Crippen LogP contribution is -2.58. The Bertz CT molecular complexity index is 1460. The van der Waals surface area contributed by atoms with Crippen LogP contribution in [0.2, 0.25) is 0 Å². The Balaban J connectivity index is 1.02. The van der Waals surface area contributed by atoms with Crippen LogP contribution in [0.3, 0.4) is 0 Å². The second kappa shape index (κ2) is 20.4. The number of anilines is 2. The Labute approximate surface area is 314 Å².